The van der Waals surface area contributed by atoms with Crippen LogP contribution < -0.4 is 11.3 Å². The normalized spacial score (nSPS) is 13.1. The number of rotatable bonds is 5. The predicted octanol–water partition coefficient (Wildman–Crippen LogP) is 6.05. The van der Waals surface area contributed by atoms with Crippen LogP contribution in [0.15, 0.2) is 47.5 Å². The highest BCUT2D eigenvalue weighted by Crippen LogP contribution is 2.39. The Labute approximate surface area is 185 Å². The molecule has 0 unspecified atom stereocenters. The molecular weight excluding hydrogens is 418 g/mol. The summed E-state index contributed by atoms with van der Waals surface area (Å²) in [5.74, 6) is 0.392. The second kappa shape index (κ2) is 10.6. The van der Waals surface area contributed by atoms with Crippen molar-refractivity contribution in [2.75, 3.05) is 19.5 Å². The number of fused-ring (bicyclic) bond motifs is 1. The summed E-state index contributed by atoms with van der Waals surface area (Å²) in [7, 11) is 1.73. The average Bonchev–Trinajstić information content (AvgIpc) is 3.22. The molecule has 0 saturated carbocycles. The number of aromatic nitrogens is 2. The maximum atomic E-state index is 12.3. The number of methoxy groups -OCH3 is 1. The van der Waals surface area contributed by atoms with E-state index in [1.54, 1.807) is 30.7 Å². The van der Waals surface area contributed by atoms with E-state index in [0.717, 1.165) is 45.7 Å². The minimum atomic E-state index is -0.102. The molecule has 1 aliphatic carbocycles. The summed E-state index contributed by atoms with van der Waals surface area (Å²) in [5.41, 5.74) is 8.49. The number of aromatic amines is 1. The van der Waals surface area contributed by atoms with Gasteiger partial charge in [-0.05, 0) is 37.0 Å². The summed E-state index contributed by atoms with van der Waals surface area (Å²) in [5, 5.41) is 1.17. The fourth-order valence-corrected chi connectivity index (χ4v) is 4.54. The van der Waals surface area contributed by atoms with Crippen LogP contribution in [-0.4, -0.2) is 23.7 Å². The van der Waals surface area contributed by atoms with Gasteiger partial charge in [0.25, 0.3) is 5.56 Å². The van der Waals surface area contributed by atoms with Crippen LogP contribution in [0.5, 0.6) is 0 Å². The SMILES string of the molecule is CCCCOC.Nc1cc(-c2c[nH]c(=O)c3cc(C4=CCCC=C4)sc23)c(Cl)cn1. The summed E-state index contributed by atoms with van der Waals surface area (Å²) >= 11 is 7.89. The van der Waals surface area contributed by atoms with Gasteiger partial charge in [-0.3, -0.25) is 4.79 Å². The second-order valence-corrected chi connectivity index (χ2v) is 8.42. The molecule has 1 aliphatic rings. The summed E-state index contributed by atoms with van der Waals surface area (Å²) in [6.45, 7) is 3.07. The number of H-pyrrole nitrogens is 1. The Balaban J connectivity index is 0.000000377. The van der Waals surface area contributed by atoms with E-state index in [-0.39, 0.29) is 5.56 Å². The van der Waals surface area contributed by atoms with E-state index >= 15 is 0 Å². The van der Waals surface area contributed by atoms with Gasteiger partial charge < -0.3 is 15.5 Å². The molecule has 0 aromatic carbocycles. The van der Waals surface area contributed by atoms with Crippen LogP contribution in [0.25, 0.3) is 26.8 Å². The summed E-state index contributed by atoms with van der Waals surface area (Å²) < 4.78 is 5.69. The third-order valence-electron chi connectivity index (χ3n) is 4.72. The molecule has 5 nitrogen and oxygen atoms in total. The van der Waals surface area contributed by atoms with E-state index in [0.29, 0.717) is 16.2 Å². The number of hydrogen-bond acceptors (Lipinski definition) is 5. The molecule has 4 rings (SSSR count). The number of allylic oxidation sites excluding steroid dienone is 4. The van der Waals surface area contributed by atoms with Crippen LogP contribution in [-0.2, 0) is 4.74 Å². The van der Waals surface area contributed by atoms with Gasteiger partial charge in [0.2, 0.25) is 0 Å². The van der Waals surface area contributed by atoms with Crippen molar-refractivity contribution < 1.29 is 4.74 Å². The quantitative estimate of drug-likeness (QED) is 0.470. The monoisotopic (exact) mass is 443 g/mol. The van der Waals surface area contributed by atoms with Crippen LogP contribution in [0, 0.1) is 0 Å². The number of ether oxygens (including phenoxy) is 1. The average molecular weight is 444 g/mol. The zero-order valence-corrected chi connectivity index (χ0v) is 18.8. The molecule has 158 valence electrons. The Morgan fingerprint density at radius 1 is 1.30 bits per heavy atom. The third-order valence-corrected chi connectivity index (χ3v) is 6.24. The lowest BCUT2D eigenvalue weighted by Crippen LogP contribution is -2.04. The van der Waals surface area contributed by atoms with Gasteiger partial charge in [-0.1, -0.05) is 43.2 Å². The maximum Gasteiger partial charge on any atom is 0.256 e. The van der Waals surface area contributed by atoms with E-state index in [9.17, 15) is 4.79 Å². The Morgan fingerprint density at radius 2 is 2.13 bits per heavy atom. The van der Waals surface area contributed by atoms with Gasteiger partial charge in [0.15, 0.2) is 0 Å². The maximum absolute atomic E-state index is 12.3. The lowest BCUT2D eigenvalue weighted by atomic mass is 10.0. The molecule has 3 N–H and O–H groups in total. The molecule has 0 amide bonds. The van der Waals surface area contributed by atoms with E-state index in [4.69, 9.17) is 22.1 Å². The number of unbranched alkanes of at least 4 members (excludes halogenated alkanes) is 1. The lowest BCUT2D eigenvalue weighted by Gasteiger charge is -2.06. The number of pyridine rings is 2. The van der Waals surface area contributed by atoms with Crippen molar-refractivity contribution in [1.29, 1.82) is 0 Å². The Hall–Kier alpha value is -2.41. The Morgan fingerprint density at radius 3 is 2.80 bits per heavy atom. The summed E-state index contributed by atoms with van der Waals surface area (Å²) in [6, 6.07) is 3.68. The molecule has 3 aromatic rings. The van der Waals surface area contributed by atoms with Crippen LogP contribution >= 0.6 is 22.9 Å². The first-order valence-corrected chi connectivity index (χ1v) is 11.2. The topological polar surface area (TPSA) is 81.0 Å². The predicted molar refractivity (Wildman–Crippen MR) is 128 cm³/mol. The summed E-state index contributed by atoms with van der Waals surface area (Å²) in [4.78, 5) is 20.1. The molecule has 0 atom stereocenters. The number of halogens is 1. The number of nitrogen functional groups attached to an aromatic ring is 1. The lowest BCUT2D eigenvalue weighted by molar-refractivity contribution is 0.194. The Bertz CT molecular complexity index is 1130. The fraction of sp³-hybridized carbons (Fsp3) is 0.304. The van der Waals surface area contributed by atoms with E-state index in [1.165, 1.54) is 19.0 Å². The highest BCUT2D eigenvalue weighted by Gasteiger charge is 2.15. The van der Waals surface area contributed by atoms with E-state index < -0.39 is 0 Å². The highest BCUT2D eigenvalue weighted by atomic mass is 35.5. The smallest absolute Gasteiger partial charge is 0.256 e. The fourth-order valence-electron chi connectivity index (χ4n) is 3.13. The number of nitrogens with two attached hydrogens (primary N) is 1. The zero-order chi connectivity index (χ0) is 21.5. The van der Waals surface area contributed by atoms with Crippen molar-refractivity contribution in [1.82, 2.24) is 9.97 Å². The van der Waals surface area contributed by atoms with Crippen LogP contribution in [0.2, 0.25) is 5.02 Å². The van der Waals surface area contributed by atoms with Crippen molar-refractivity contribution in [2.24, 2.45) is 0 Å². The molecule has 3 aromatic heterocycles. The van der Waals surface area contributed by atoms with Gasteiger partial charge in [0.1, 0.15) is 5.82 Å². The number of nitrogens with zero attached hydrogens (tertiary/aromatic N) is 1. The molecule has 0 spiro atoms. The van der Waals surface area contributed by atoms with E-state index in [2.05, 4.69) is 35.1 Å². The van der Waals surface area contributed by atoms with Gasteiger partial charge in [-0.15, -0.1) is 11.3 Å². The van der Waals surface area contributed by atoms with Gasteiger partial charge >= 0.3 is 0 Å². The molecule has 0 saturated heterocycles. The minimum absolute atomic E-state index is 0.102. The van der Waals surface area contributed by atoms with Crippen molar-refractivity contribution in [2.45, 2.75) is 32.6 Å². The third kappa shape index (κ3) is 5.19. The first-order valence-electron chi connectivity index (χ1n) is 9.97. The molecule has 0 radical (unpaired) electrons. The largest absolute Gasteiger partial charge is 0.385 e. The van der Waals surface area contributed by atoms with Crippen LogP contribution in [0.1, 0.15) is 37.5 Å². The van der Waals surface area contributed by atoms with Crippen LogP contribution in [0.4, 0.5) is 5.82 Å². The number of nitrogens with one attached hydrogen (secondary N) is 1. The van der Waals surface area contributed by atoms with Gasteiger partial charge in [0, 0.05) is 46.8 Å². The molecule has 0 bridgehead atoms. The van der Waals surface area contributed by atoms with Crippen molar-refractivity contribution in [3.8, 4) is 11.1 Å². The Kier molecular flexibility index (Phi) is 7.85. The molecular formula is C23H26ClN3O2S. The molecule has 0 aliphatic heterocycles. The van der Waals surface area contributed by atoms with Crippen molar-refractivity contribution in [3.05, 3.63) is 63.0 Å². The second-order valence-electron chi connectivity index (χ2n) is 6.96. The first-order chi connectivity index (χ1) is 14.5. The molecule has 30 heavy (non-hydrogen) atoms. The number of thiophene rings is 1. The van der Waals surface area contributed by atoms with Gasteiger partial charge in [0.05, 0.1) is 10.4 Å². The van der Waals surface area contributed by atoms with Gasteiger partial charge in [-0.25, -0.2) is 4.98 Å². The van der Waals surface area contributed by atoms with E-state index in [1.807, 2.05) is 6.07 Å². The number of hydrogen-bond donors (Lipinski definition) is 2. The zero-order valence-electron chi connectivity index (χ0n) is 17.2. The molecule has 7 heteroatoms. The minimum Gasteiger partial charge on any atom is -0.385 e. The molecule has 0 fully saturated rings. The van der Waals surface area contributed by atoms with Crippen molar-refractivity contribution >= 4 is 44.4 Å². The van der Waals surface area contributed by atoms with Crippen molar-refractivity contribution in [3.63, 3.8) is 0 Å². The number of anilines is 1. The standard InChI is InChI=1S/C18H14ClN3OS.C5H12O/c19-14-9-21-16(20)7-11(14)13-8-22-18(23)12-6-15(24-17(12)13)10-4-2-1-3-5-10;1-3-4-5-6-2/h2,4-9H,1,3H2,(H2,20,21)(H,22,23);3-5H2,1-2H3. The first kappa shape index (κ1) is 22.3. The summed E-state index contributed by atoms with van der Waals surface area (Å²) in [6.07, 6.45) is 14.2. The van der Waals surface area contributed by atoms with Crippen LogP contribution in [0.3, 0.4) is 0 Å². The molecule has 3 heterocycles. The van der Waals surface area contributed by atoms with Gasteiger partial charge in [-0.2, -0.15) is 0 Å². The highest BCUT2D eigenvalue weighted by molar-refractivity contribution is 7.20.